The third kappa shape index (κ3) is 13.8. The number of amides is 2. The number of fused-ring (bicyclic) bond motifs is 4. The zero-order valence-electron chi connectivity index (χ0n) is 42.6. The average Bonchev–Trinajstić information content (AvgIpc) is 4.44. The fourth-order valence-corrected chi connectivity index (χ4v) is 10.1. The molecule has 0 saturated carbocycles. The predicted octanol–water partition coefficient (Wildman–Crippen LogP) is 0.747. The molecular weight excluding hydrogens is 1130 g/mol. The summed E-state index contributed by atoms with van der Waals surface area (Å²) in [7, 11) is -8.93. The summed E-state index contributed by atoms with van der Waals surface area (Å²) in [5.74, 6) is 0.821. The van der Waals surface area contributed by atoms with E-state index in [0.717, 1.165) is 10.7 Å². The molecule has 0 radical (unpaired) electrons. The van der Waals surface area contributed by atoms with Crippen molar-refractivity contribution in [2.45, 2.75) is 57.1 Å². The molecule has 11 heterocycles. The first-order valence-electron chi connectivity index (χ1n) is 24.7. The molecule has 7 atom stereocenters. The number of nitrogens with two attached hydrogens (primary N) is 2. The number of aliphatic hydroxyl groups excluding tert-OH is 2. The van der Waals surface area contributed by atoms with Crippen LogP contribution in [0.2, 0.25) is 0 Å². The van der Waals surface area contributed by atoms with Crippen molar-refractivity contribution < 1.29 is 62.1 Å². The van der Waals surface area contributed by atoms with Gasteiger partial charge in [-0.1, -0.05) is 7.43 Å². The Balaban J connectivity index is 0.000000198. The van der Waals surface area contributed by atoms with Crippen LogP contribution in [0.15, 0.2) is 81.2 Å². The highest BCUT2D eigenvalue weighted by atomic mass is 31.2. The summed E-state index contributed by atoms with van der Waals surface area (Å²) in [6.07, 6.45) is 16.3. The van der Waals surface area contributed by atoms with Gasteiger partial charge in [0.25, 0.3) is 0 Å². The number of aromatic nitrogens is 16. The summed E-state index contributed by atoms with van der Waals surface area (Å²) < 4.78 is 49.2. The van der Waals surface area contributed by atoms with E-state index < -0.39 is 59.0 Å². The van der Waals surface area contributed by atoms with Gasteiger partial charge in [-0.25, -0.2) is 68.3 Å². The van der Waals surface area contributed by atoms with E-state index in [1.165, 1.54) is 62.5 Å². The smallest absolute Gasteiger partial charge is 0.390 e. The number of carbonyl (C=O) groups excluding carboxylic acids is 2. The Morgan fingerprint density at radius 2 is 1.14 bits per heavy atom. The van der Waals surface area contributed by atoms with E-state index >= 15 is 0 Å². The average molecular weight is 1190 g/mol. The van der Waals surface area contributed by atoms with Crippen LogP contribution in [0.4, 0.5) is 23.3 Å². The number of hydrogen-bond acceptors (Lipinski definition) is 25. The summed E-state index contributed by atoms with van der Waals surface area (Å²) in [6.45, 7) is 0.594. The van der Waals surface area contributed by atoms with Crippen LogP contribution in [0, 0.1) is 0 Å². The standard InChI is InChI=1S/C24H27N12O6P.C21H25N10O7P.CH4/c25-21-19-14(1-2-17(38)27-3-4-28-22-20-23(31-10-29-20)33-12-32-22)8-36(24(19)34-11-30-21)18-7-15(37)16(42-18)9-41-43(39,40)35-6-5-26-13-35;22-18-16-11(1-2-14(33)23-3-4-24-19-17-20(27-8-25-17)29-10-28-19)6-31(21(16)30-9-26-18)15-5-12(32)13(38-15)7-37-39(34,35)36;/h1-2,5-6,8,10-13,15-16,18,37H,3-4,7,9H2,(H,27,38)(H,39,40)(H2,25,30,34)(H2,28,29,31,32,33);1-2,6,8-10,12-13,15,32H,3-5,7H2,(H,23,33)(H2,22,26,30)(H2,34,35,36)(H2,24,25,27,28,29);1H4/b2*2-1+;/t15?,16-,18-;12?,13-,15-;/m11./s1. The van der Waals surface area contributed by atoms with Crippen molar-refractivity contribution in [3.8, 4) is 0 Å². The lowest BCUT2D eigenvalue weighted by atomic mass is 10.2. The number of hydrogen-bond donors (Lipinski definition) is 13. The van der Waals surface area contributed by atoms with Gasteiger partial charge in [0.1, 0.15) is 90.3 Å². The Hall–Kier alpha value is -8.73. The van der Waals surface area contributed by atoms with E-state index in [9.17, 15) is 33.8 Å². The summed E-state index contributed by atoms with van der Waals surface area (Å²) in [4.78, 5) is 104. The molecule has 35 nitrogen and oxygen atoms in total. The summed E-state index contributed by atoms with van der Waals surface area (Å²) in [5, 5.41) is 33.7. The molecule has 83 heavy (non-hydrogen) atoms. The molecule has 3 unspecified atom stereocenters. The number of rotatable bonds is 21. The molecule has 2 saturated heterocycles. The van der Waals surface area contributed by atoms with E-state index in [1.54, 1.807) is 33.7 Å². The maximum absolute atomic E-state index is 12.5. The largest absolute Gasteiger partial charge is 0.469 e. The molecule has 2 aliphatic rings. The van der Waals surface area contributed by atoms with Gasteiger partial charge >= 0.3 is 15.6 Å². The molecule has 9 aromatic rings. The lowest BCUT2D eigenvalue weighted by Gasteiger charge is -2.18. The Morgan fingerprint density at radius 3 is 1.60 bits per heavy atom. The van der Waals surface area contributed by atoms with Crippen LogP contribution >= 0.6 is 15.6 Å². The normalized spacial score (nSPS) is 19.8. The Labute approximate surface area is 467 Å². The fraction of sp³-hybridized carbons (Fsp3) is 0.326. The molecule has 2 fully saturated rings. The van der Waals surface area contributed by atoms with Gasteiger partial charge in [0.15, 0.2) is 22.9 Å². The van der Waals surface area contributed by atoms with Gasteiger partial charge in [0.2, 0.25) is 11.8 Å². The molecule has 2 aliphatic heterocycles. The summed E-state index contributed by atoms with van der Waals surface area (Å²) in [5.41, 5.74) is 16.6. The quantitative estimate of drug-likeness (QED) is 0.0268. The molecule has 37 heteroatoms. The lowest BCUT2D eigenvalue weighted by Crippen LogP contribution is -2.27. The highest BCUT2D eigenvalue weighted by Gasteiger charge is 2.39. The SMILES string of the molecule is C.Nc1ncnc2c1c(/C=C/C(=O)NCCNc1ncnc3nc[nH]c13)cn2[C@H]1CC(O)[C@@H](COP(=O)(O)O)O1.Nc1ncnc2c1c(/C=C/C(=O)NCCNc1ncnc3nc[nH]c13)cn2[C@H]1CC(O)[C@@H](COP(=O)(O)n2ccnc2)O1. The van der Waals surface area contributed by atoms with Gasteiger partial charge in [-0.05, 0) is 12.2 Å². The van der Waals surface area contributed by atoms with Gasteiger partial charge in [-0.3, -0.25) is 18.6 Å². The Kier molecular flexibility index (Phi) is 18.2. The fourth-order valence-electron chi connectivity index (χ4n) is 8.83. The van der Waals surface area contributed by atoms with E-state index in [0.29, 0.717) is 93.3 Å². The monoisotopic (exact) mass is 1190 g/mol. The summed E-state index contributed by atoms with van der Waals surface area (Å²) in [6, 6.07) is 0. The number of phosphoric ester groups is 1. The number of aliphatic hydroxyl groups is 2. The second-order valence-corrected chi connectivity index (χ2v) is 21.0. The first-order valence-corrected chi connectivity index (χ1v) is 27.8. The topological polar surface area (TPSA) is 495 Å². The zero-order valence-corrected chi connectivity index (χ0v) is 44.4. The van der Waals surface area contributed by atoms with Crippen LogP contribution in [0.1, 0.15) is 43.9 Å². The number of nitrogens with zero attached hydrogens (tertiary/aromatic N) is 14. The molecule has 15 N–H and O–H groups in total. The molecule has 0 aromatic carbocycles. The van der Waals surface area contributed by atoms with Crippen molar-refractivity contribution in [1.82, 2.24) is 88.9 Å². The van der Waals surface area contributed by atoms with E-state index in [-0.39, 0.29) is 50.3 Å². The number of phosphoric acid groups is 1. The number of nitrogens with one attached hydrogen (secondary N) is 6. The van der Waals surface area contributed by atoms with Crippen molar-refractivity contribution in [3.63, 3.8) is 0 Å². The van der Waals surface area contributed by atoms with Gasteiger partial charge < -0.3 is 86.2 Å². The molecule has 2 amide bonds. The first kappa shape index (κ1) is 58.9. The molecule has 438 valence electrons. The van der Waals surface area contributed by atoms with Crippen molar-refractivity contribution in [2.75, 3.05) is 61.5 Å². The molecule has 9 aromatic heterocycles. The number of aromatic amines is 2. The highest BCUT2D eigenvalue weighted by molar-refractivity contribution is 7.51. The number of H-pyrrole nitrogens is 2. The van der Waals surface area contributed by atoms with Crippen LogP contribution in [0.25, 0.3) is 56.5 Å². The maximum atomic E-state index is 12.5. The van der Waals surface area contributed by atoms with Crippen LogP contribution in [0.3, 0.4) is 0 Å². The second-order valence-electron chi connectivity index (χ2n) is 18.0. The van der Waals surface area contributed by atoms with Gasteiger partial charge in [0.05, 0.1) is 48.8 Å². The zero-order chi connectivity index (χ0) is 57.5. The lowest BCUT2D eigenvalue weighted by molar-refractivity contribution is -0.117. The highest BCUT2D eigenvalue weighted by Crippen LogP contribution is 2.45. The van der Waals surface area contributed by atoms with Crippen LogP contribution in [0.5, 0.6) is 0 Å². The van der Waals surface area contributed by atoms with Crippen molar-refractivity contribution in [1.29, 1.82) is 0 Å². The molecule has 0 aliphatic carbocycles. The number of carbonyl (C=O) groups is 2. The third-order valence-electron chi connectivity index (χ3n) is 12.7. The molecule has 0 bridgehead atoms. The maximum Gasteiger partial charge on any atom is 0.469 e. The van der Waals surface area contributed by atoms with Crippen LogP contribution in [-0.2, 0) is 37.2 Å². The van der Waals surface area contributed by atoms with E-state index in [2.05, 4.69) is 90.6 Å². The molecule has 0 spiro atoms. The van der Waals surface area contributed by atoms with E-state index in [4.69, 9.17) is 35.3 Å². The number of imidazole rings is 3. The van der Waals surface area contributed by atoms with Gasteiger partial charge in [0, 0.05) is 87.1 Å². The minimum absolute atomic E-state index is 0. The van der Waals surface area contributed by atoms with Crippen molar-refractivity contribution >= 4 is 107 Å². The minimum Gasteiger partial charge on any atom is -0.390 e. The van der Waals surface area contributed by atoms with Gasteiger partial charge in [-0.15, -0.1) is 0 Å². The van der Waals surface area contributed by atoms with Gasteiger partial charge in [-0.2, -0.15) is 0 Å². The molecule has 11 rings (SSSR count). The first-order chi connectivity index (χ1) is 39.5. The third-order valence-corrected chi connectivity index (χ3v) is 14.5. The van der Waals surface area contributed by atoms with Crippen molar-refractivity contribution in [3.05, 3.63) is 92.4 Å². The number of nitrogen functional groups attached to an aromatic ring is 2. The number of anilines is 4. The minimum atomic E-state index is -4.73. The second kappa shape index (κ2) is 25.6. The predicted molar refractivity (Wildman–Crippen MR) is 296 cm³/mol. The Bertz CT molecular complexity index is 3890. The molecular formula is C46H56N22O13P2. The van der Waals surface area contributed by atoms with Crippen molar-refractivity contribution in [2.24, 2.45) is 0 Å². The van der Waals surface area contributed by atoms with Crippen LogP contribution < -0.4 is 32.7 Å². The Morgan fingerprint density at radius 1 is 0.675 bits per heavy atom. The summed E-state index contributed by atoms with van der Waals surface area (Å²) >= 11 is 0. The van der Waals surface area contributed by atoms with E-state index in [1.807, 2.05) is 0 Å². The van der Waals surface area contributed by atoms with Crippen LogP contribution in [-0.4, -0.2) is 179 Å². The number of ether oxygens (including phenoxy) is 2.